The maximum Gasteiger partial charge on any atom is 0.224 e. The van der Waals surface area contributed by atoms with E-state index in [-0.39, 0.29) is 11.8 Å². The first-order chi connectivity index (χ1) is 8.65. The van der Waals surface area contributed by atoms with E-state index in [1.807, 2.05) is 13.1 Å². The van der Waals surface area contributed by atoms with Gasteiger partial charge in [-0.2, -0.15) is 0 Å². The molecule has 2 heterocycles. The van der Waals surface area contributed by atoms with Crippen LogP contribution in [0.2, 0.25) is 0 Å². The molecule has 1 saturated heterocycles. The van der Waals surface area contributed by atoms with E-state index in [0.717, 1.165) is 43.1 Å². The molecule has 0 unspecified atom stereocenters. The number of hydrogen-bond donors (Lipinski definition) is 1. The summed E-state index contributed by atoms with van der Waals surface area (Å²) < 4.78 is 0. The maximum atomic E-state index is 11.6. The highest BCUT2D eigenvalue weighted by Gasteiger charge is 2.29. The number of aryl methyl sites for hydroxylation is 2. The zero-order chi connectivity index (χ0) is 13.1. The van der Waals surface area contributed by atoms with Crippen LogP contribution >= 0.6 is 0 Å². The topological polar surface area (TPSA) is 58.1 Å². The summed E-state index contributed by atoms with van der Waals surface area (Å²) in [4.78, 5) is 22.6. The zero-order valence-electron chi connectivity index (χ0n) is 11.2. The second-order valence-corrected chi connectivity index (χ2v) is 4.67. The molecule has 1 aliphatic rings. The third kappa shape index (κ3) is 2.44. The van der Waals surface area contributed by atoms with E-state index in [1.54, 1.807) is 7.05 Å². The molecule has 0 bridgehead atoms. The Morgan fingerprint density at radius 2 is 2.39 bits per heavy atom. The Labute approximate surface area is 108 Å². The molecule has 18 heavy (non-hydrogen) atoms. The van der Waals surface area contributed by atoms with E-state index in [9.17, 15) is 4.79 Å². The predicted molar refractivity (Wildman–Crippen MR) is 70.5 cm³/mol. The lowest BCUT2D eigenvalue weighted by atomic mass is 10.1. The van der Waals surface area contributed by atoms with Crippen molar-refractivity contribution in [3.63, 3.8) is 0 Å². The quantitative estimate of drug-likeness (QED) is 0.864. The van der Waals surface area contributed by atoms with Crippen molar-refractivity contribution in [3.8, 4) is 0 Å². The van der Waals surface area contributed by atoms with Crippen molar-refractivity contribution in [2.45, 2.75) is 26.7 Å². The number of nitrogens with one attached hydrogen (secondary N) is 1. The summed E-state index contributed by atoms with van der Waals surface area (Å²) in [5, 5.41) is 2.72. The maximum absolute atomic E-state index is 11.6. The van der Waals surface area contributed by atoms with Crippen molar-refractivity contribution in [1.29, 1.82) is 0 Å². The molecule has 5 nitrogen and oxygen atoms in total. The number of nitrogens with zero attached hydrogens (tertiary/aromatic N) is 3. The van der Waals surface area contributed by atoms with Crippen molar-refractivity contribution < 1.29 is 4.79 Å². The molecule has 0 saturated carbocycles. The van der Waals surface area contributed by atoms with Gasteiger partial charge in [0.15, 0.2) is 0 Å². The van der Waals surface area contributed by atoms with Crippen molar-refractivity contribution >= 4 is 11.7 Å². The summed E-state index contributed by atoms with van der Waals surface area (Å²) in [6.45, 7) is 5.64. The molecule has 5 heteroatoms. The second-order valence-electron chi connectivity index (χ2n) is 4.67. The molecule has 2 rings (SSSR count). The first-order valence-electron chi connectivity index (χ1n) is 6.44. The van der Waals surface area contributed by atoms with Gasteiger partial charge in [0.2, 0.25) is 5.91 Å². The number of carbonyl (C=O) groups is 1. The lowest BCUT2D eigenvalue weighted by Crippen LogP contribution is -2.30. The molecule has 1 fully saturated rings. The molecule has 0 aromatic carbocycles. The number of hydrogen-bond acceptors (Lipinski definition) is 4. The van der Waals surface area contributed by atoms with Crippen molar-refractivity contribution in [2.24, 2.45) is 5.92 Å². The summed E-state index contributed by atoms with van der Waals surface area (Å²) in [6, 6.07) is 0. The monoisotopic (exact) mass is 248 g/mol. The Morgan fingerprint density at radius 3 is 3.06 bits per heavy atom. The summed E-state index contributed by atoms with van der Waals surface area (Å²) >= 11 is 0. The van der Waals surface area contributed by atoms with Gasteiger partial charge in [0.1, 0.15) is 11.6 Å². The van der Waals surface area contributed by atoms with E-state index in [1.165, 1.54) is 0 Å². The van der Waals surface area contributed by atoms with Crippen LogP contribution in [-0.4, -0.2) is 36.0 Å². The predicted octanol–water partition coefficient (Wildman–Crippen LogP) is 0.920. The summed E-state index contributed by atoms with van der Waals surface area (Å²) in [5.74, 6) is 1.98. The Morgan fingerprint density at radius 1 is 1.61 bits per heavy atom. The molecular formula is C13H20N4O. The van der Waals surface area contributed by atoms with Crippen molar-refractivity contribution in [3.05, 3.63) is 17.6 Å². The third-order valence-electron chi connectivity index (χ3n) is 3.45. The highest BCUT2D eigenvalue weighted by atomic mass is 16.1. The van der Waals surface area contributed by atoms with E-state index in [4.69, 9.17) is 0 Å². The van der Waals surface area contributed by atoms with Gasteiger partial charge in [0.25, 0.3) is 0 Å². The van der Waals surface area contributed by atoms with Gasteiger partial charge in [0, 0.05) is 31.9 Å². The molecule has 1 aromatic rings. The number of anilines is 1. The minimum atomic E-state index is 0.0787. The van der Waals surface area contributed by atoms with Gasteiger partial charge in [-0.3, -0.25) is 4.79 Å². The summed E-state index contributed by atoms with van der Waals surface area (Å²) in [5.41, 5.74) is 1.15. The highest BCUT2D eigenvalue weighted by Crippen LogP contribution is 2.25. The fourth-order valence-electron chi connectivity index (χ4n) is 2.38. The Kier molecular flexibility index (Phi) is 3.79. The molecule has 0 aliphatic carbocycles. The first-order valence-corrected chi connectivity index (χ1v) is 6.44. The van der Waals surface area contributed by atoms with Crippen LogP contribution in [0.5, 0.6) is 0 Å². The fourth-order valence-corrected chi connectivity index (χ4v) is 2.38. The SMILES string of the molecule is CCc1cnc(C)nc1N1CC[C@@H](C(=O)NC)C1. The Balaban J connectivity index is 2.18. The van der Waals surface area contributed by atoms with Gasteiger partial charge in [-0.1, -0.05) is 6.92 Å². The minimum Gasteiger partial charge on any atom is -0.359 e. The molecule has 0 radical (unpaired) electrons. The number of rotatable bonds is 3. The van der Waals surface area contributed by atoms with E-state index >= 15 is 0 Å². The van der Waals surface area contributed by atoms with Crippen molar-refractivity contribution in [1.82, 2.24) is 15.3 Å². The average molecular weight is 248 g/mol. The molecule has 1 N–H and O–H groups in total. The number of aromatic nitrogens is 2. The summed E-state index contributed by atoms with van der Waals surface area (Å²) in [7, 11) is 1.69. The van der Waals surface area contributed by atoms with Gasteiger partial charge in [0.05, 0.1) is 5.92 Å². The molecule has 1 atom stereocenters. The first kappa shape index (κ1) is 12.8. The Bertz CT molecular complexity index is 447. The average Bonchev–Trinajstić information content (AvgIpc) is 2.87. The van der Waals surface area contributed by atoms with Gasteiger partial charge >= 0.3 is 0 Å². The van der Waals surface area contributed by atoms with Crippen LogP contribution in [0.25, 0.3) is 0 Å². The lowest BCUT2D eigenvalue weighted by molar-refractivity contribution is -0.123. The Hall–Kier alpha value is -1.65. The number of amides is 1. The number of carbonyl (C=O) groups excluding carboxylic acids is 1. The lowest BCUT2D eigenvalue weighted by Gasteiger charge is -2.20. The van der Waals surface area contributed by atoms with Crippen LogP contribution in [0.4, 0.5) is 5.82 Å². The second kappa shape index (κ2) is 5.33. The molecule has 98 valence electrons. The van der Waals surface area contributed by atoms with Crippen molar-refractivity contribution in [2.75, 3.05) is 25.0 Å². The molecule has 1 aromatic heterocycles. The smallest absolute Gasteiger partial charge is 0.224 e. The zero-order valence-corrected chi connectivity index (χ0v) is 11.2. The standard InChI is InChI=1S/C13H20N4O/c1-4-10-7-15-9(2)16-12(10)17-6-5-11(8-17)13(18)14-3/h7,11H,4-6,8H2,1-3H3,(H,14,18)/t11-/m1/s1. The van der Waals surface area contributed by atoms with E-state index < -0.39 is 0 Å². The molecule has 0 spiro atoms. The van der Waals surface area contributed by atoms with Gasteiger partial charge in [-0.05, 0) is 19.8 Å². The molecule has 1 amide bonds. The van der Waals surface area contributed by atoms with Crippen LogP contribution in [0.15, 0.2) is 6.20 Å². The molecule has 1 aliphatic heterocycles. The van der Waals surface area contributed by atoms with Gasteiger partial charge < -0.3 is 10.2 Å². The van der Waals surface area contributed by atoms with E-state index in [2.05, 4.69) is 27.1 Å². The highest BCUT2D eigenvalue weighted by molar-refractivity contribution is 5.79. The van der Waals surface area contributed by atoms with Crippen LogP contribution in [0.1, 0.15) is 24.7 Å². The van der Waals surface area contributed by atoms with E-state index in [0.29, 0.717) is 0 Å². The van der Waals surface area contributed by atoms with Crippen LogP contribution in [0.3, 0.4) is 0 Å². The minimum absolute atomic E-state index is 0.0787. The van der Waals surface area contributed by atoms with Gasteiger partial charge in [-0.15, -0.1) is 0 Å². The van der Waals surface area contributed by atoms with Crippen LogP contribution < -0.4 is 10.2 Å². The van der Waals surface area contributed by atoms with Gasteiger partial charge in [-0.25, -0.2) is 9.97 Å². The normalized spacial score (nSPS) is 19.1. The van der Waals surface area contributed by atoms with Crippen LogP contribution in [-0.2, 0) is 11.2 Å². The van der Waals surface area contributed by atoms with Crippen LogP contribution in [0, 0.1) is 12.8 Å². The largest absolute Gasteiger partial charge is 0.359 e. The summed E-state index contributed by atoms with van der Waals surface area (Å²) in [6.07, 6.45) is 3.70. The third-order valence-corrected chi connectivity index (χ3v) is 3.45. The molecular weight excluding hydrogens is 228 g/mol. The fraction of sp³-hybridized carbons (Fsp3) is 0.615.